The smallest absolute Gasteiger partial charge is 0.399 e. The van der Waals surface area contributed by atoms with Crippen LogP contribution in [0.25, 0.3) is 28.0 Å². The number of nitrogens with two attached hydrogens (primary N) is 1. The van der Waals surface area contributed by atoms with Gasteiger partial charge in [-0.2, -0.15) is 13.2 Å². The molecule has 4 nitrogen and oxygen atoms in total. The molecule has 0 fully saturated rings. The second-order valence-corrected chi connectivity index (χ2v) is 8.80. The second-order valence-electron chi connectivity index (χ2n) is 8.80. The van der Waals surface area contributed by atoms with Gasteiger partial charge in [-0.15, -0.1) is 0 Å². The molecule has 0 aliphatic rings. The number of rotatable bonds is 8. The van der Waals surface area contributed by atoms with E-state index in [0.717, 1.165) is 36.5 Å². The van der Waals surface area contributed by atoms with Crippen LogP contribution in [0.3, 0.4) is 0 Å². The molecule has 1 atom stereocenters. The van der Waals surface area contributed by atoms with E-state index in [1.165, 1.54) is 12.1 Å². The number of para-hydroxylation sites is 1. The van der Waals surface area contributed by atoms with Crippen molar-refractivity contribution >= 4 is 28.1 Å². The average Bonchev–Trinajstić information content (AvgIpc) is 2.87. The van der Waals surface area contributed by atoms with Crippen LogP contribution in [0, 0.1) is 0 Å². The minimum absolute atomic E-state index is 0.0119. The number of halogens is 3. The summed E-state index contributed by atoms with van der Waals surface area (Å²) < 4.78 is 41.2. The Labute approximate surface area is 209 Å². The van der Waals surface area contributed by atoms with Crippen molar-refractivity contribution < 1.29 is 13.2 Å². The maximum atomic E-state index is 13.7. The van der Waals surface area contributed by atoms with Gasteiger partial charge in [0.2, 0.25) is 0 Å². The molecule has 0 aliphatic carbocycles. The highest BCUT2D eigenvalue weighted by molar-refractivity contribution is 5.94. The monoisotopic (exact) mass is 490 g/mol. The SMILES string of the molecule is C=C(Nc1nc(-c2ccccc2C(F)(F)F)nc2ccccc12)c1cc(N)ccc1C(CC)CCC. The van der Waals surface area contributed by atoms with Crippen LogP contribution < -0.4 is 11.1 Å². The van der Waals surface area contributed by atoms with Crippen LogP contribution in [0.15, 0.2) is 73.3 Å². The second kappa shape index (κ2) is 10.4. The molecule has 7 heteroatoms. The Kier molecular flexibility index (Phi) is 7.29. The molecule has 0 bridgehead atoms. The molecule has 36 heavy (non-hydrogen) atoms. The minimum atomic E-state index is -4.53. The summed E-state index contributed by atoms with van der Waals surface area (Å²) in [5, 5.41) is 3.95. The molecule has 0 aliphatic heterocycles. The Morgan fingerprint density at radius 3 is 2.44 bits per heavy atom. The predicted molar refractivity (Wildman–Crippen MR) is 141 cm³/mol. The van der Waals surface area contributed by atoms with E-state index in [9.17, 15) is 13.2 Å². The summed E-state index contributed by atoms with van der Waals surface area (Å²) in [5.41, 5.74) is 8.97. The van der Waals surface area contributed by atoms with Crippen molar-refractivity contribution in [2.75, 3.05) is 11.1 Å². The average molecular weight is 491 g/mol. The maximum Gasteiger partial charge on any atom is 0.417 e. The number of anilines is 2. The van der Waals surface area contributed by atoms with Gasteiger partial charge in [-0.1, -0.05) is 63.2 Å². The van der Waals surface area contributed by atoms with E-state index >= 15 is 0 Å². The van der Waals surface area contributed by atoms with Gasteiger partial charge in [-0.05, 0) is 54.7 Å². The number of nitrogens with one attached hydrogen (secondary N) is 1. The van der Waals surface area contributed by atoms with Gasteiger partial charge in [-0.25, -0.2) is 9.97 Å². The number of alkyl halides is 3. The molecule has 186 valence electrons. The zero-order valence-electron chi connectivity index (χ0n) is 20.4. The summed E-state index contributed by atoms with van der Waals surface area (Å²) in [6, 6.07) is 18.3. The largest absolute Gasteiger partial charge is 0.417 e. The van der Waals surface area contributed by atoms with Crippen molar-refractivity contribution in [3.8, 4) is 11.4 Å². The predicted octanol–water partition coefficient (Wildman–Crippen LogP) is 8.27. The number of nitrogens with zero attached hydrogens (tertiary/aromatic N) is 2. The van der Waals surface area contributed by atoms with E-state index in [-0.39, 0.29) is 11.4 Å². The van der Waals surface area contributed by atoms with E-state index < -0.39 is 11.7 Å². The maximum absolute atomic E-state index is 13.7. The van der Waals surface area contributed by atoms with Gasteiger partial charge in [0, 0.05) is 27.9 Å². The molecule has 0 spiro atoms. The van der Waals surface area contributed by atoms with E-state index in [1.807, 2.05) is 30.3 Å². The molecule has 4 rings (SSSR count). The quantitative estimate of drug-likeness (QED) is 0.244. The summed E-state index contributed by atoms with van der Waals surface area (Å²) in [7, 11) is 0. The van der Waals surface area contributed by atoms with Gasteiger partial charge in [-0.3, -0.25) is 0 Å². The Hall–Kier alpha value is -3.87. The molecular weight excluding hydrogens is 461 g/mol. The third kappa shape index (κ3) is 5.20. The summed E-state index contributed by atoms with van der Waals surface area (Å²) in [6.45, 7) is 8.56. The summed E-state index contributed by atoms with van der Waals surface area (Å²) in [6.07, 6.45) is -1.50. The summed E-state index contributed by atoms with van der Waals surface area (Å²) >= 11 is 0. The highest BCUT2D eigenvalue weighted by atomic mass is 19.4. The van der Waals surface area contributed by atoms with Crippen LogP contribution in [0.1, 0.15) is 55.7 Å². The molecule has 0 saturated carbocycles. The van der Waals surface area contributed by atoms with Crippen molar-refractivity contribution in [2.45, 2.75) is 45.2 Å². The molecular formula is C29H29F3N4. The molecule has 0 amide bonds. The third-order valence-electron chi connectivity index (χ3n) is 6.32. The topological polar surface area (TPSA) is 63.8 Å². The van der Waals surface area contributed by atoms with Crippen LogP contribution in [0.2, 0.25) is 0 Å². The number of benzene rings is 3. The van der Waals surface area contributed by atoms with E-state index in [4.69, 9.17) is 5.73 Å². The highest BCUT2D eigenvalue weighted by Gasteiger charge is 2.34. The fraction of sp³-hybridized carbons (Fsp3) is 0.241. The molecule has 3 aromatic carbocycles. The lowest BCUT2D eigenvalue weighted by atomic mass is 9.87. The van der Waals surface area contributed by atoms with Crippen molar-refractivity contribution in [1.29, 1.82) is 0 Å². The normalized spacial score (nSPS) is 12.5. The van der Waals surface area contributed by atoms with Crippen LogP contribution in [0.4, 0.5) is 24.7 Å². The lowest BCUT2D eigenvalue weighted by Crippen LogP contribution is -2.10. The van der Waals surface area contributed by atoms with Crippen LogP contribution in [0.5, 0.6) is 0 Å². The van der Waals surface area contributed by atoms with E-state index in [0.29, 0.717) is 34.0 Å². The van der Waals surface area contributed by atoms with Crippen LogP contribution >= 0.6 is 0 Å². The van der Waals surface area contributed by atoms with Gasteiger partial charge in [0.1, 0.15) is 5.82 Å². The fourth-order valence-electron chi connectivity index (χ4n) is 4.55. The lowest BCUT2D eigenvalue weighted by molar-refractivity contribution is -0.137. The molecule has 0 radical (unpaired) electrons. The molecule has 1 unspecified atom stereocenters. The first-order chi connectivity index (χ1) is 17.2. The third-order valence-corrected chi connectivity index (χ3v) is 6.32. The summed E-state index contributed by atoms with van der Waals surface area (Å²) in [4.78, 5) is 9.01. The Balaban J connectivity index is 1.83. The Morgan fingerprint density at radius 2 is 1.72 bits per heavy atom. The zero-order chi connectivity index (χ0) is 25.9. The van der Waals surface area contributed by atoms with Gasteiger partial charge < -0.3 is 11.1 Å². The zero-order valence-corrected chi connectivity index (χ0v) is 20.4. The van der Waals surface area contributed by atoms with Crippen molar-refractivity contribution in [3.05, 3.63) is 90.0 Å². The molecule has 3 N–H and O–H groups in total. The highest BCUT2D eigenvalue weighted by Crippen LogP contribution is 2.38. The summed E-state index contributed by atoms with van der Waals surface area (Å²) in [5.74, 6) is 0.706. The number of aromatic nitrogens is 2. The van der Waals surface area contributed by atoms with Gasteiger partial charge in [0.05, 0.1) is 11.1 Å². The number of fused-ring (bicyclic) bond motifs is 1. The van der Waals surface area contributed by atoms with E-state index in [2.05, 4.69) is 35.7 Å². The van der Waals surface area contributed by atoms with Crippen LogP contribution in [-0.2, 0) is 6.18 Å². The minimum Gasteiger partial charge on any atom is -0.399 e. The van der Waals surface area contributed by atoms with E-state index in [1.54, 1.807) is 18.2 Å². The molecule has 1 heterocycles. The standard InChI is InChI=1S/C29H29F3N4/c1-4-10-19(5-2)21-16-15-20(33)17-24(21)18(3)34-28-23-12-7-9-14-26(23)35-27(36-28)22-11-6-8-13-25(22)29(30,31)32/h6-9,11-17,19H,3-5,10,33H2,1-2H3,(H,34,35,36). The first-order valence-electron chi connectivity index (χ1n) is 12.0. The number of hydrogen-bond acceptors (Lipinski definition) is 4. The fourth-order valence-corrected chi connectivity index (χ4v) is 4.55. The molecule has 4 aromatic rings. The molecule has 1 aromatic heterocycles. The van der Waals surface area contributed by atoms with Crippen molar-refractivity contribution in [3.63, 3.8) is 0 Å². The number of hydrogen-bond donors (Lipinski definition) is 2. The van der Waals surface area contributed by atoms with Gasteiger partial charge in [0.25, 0.3) is 0 Å². The van der Waals surface area contributed by atoms with Crippen molar-refractivity contribution in [2.24, 2.45) is 0 Å². The Morgan fingerprint density at radius 1 is 1.00 bits per heavy atom. The van der Waals surface area contributed by atoms with Gasteiger partial charge in [0.15, 0.2) is 5.82 Å². The Bertz CT molecular complexity index is 1400. The lowest BCUT2D eigenvalue weighted by Gasteiger charge is -2.21. The van der Waals surface area contributed by atoms with Crippen molar-refractivity contribution in [1.82, 2.24) is 9.97 Å². The first kappa shape index (κ1) is 25.2. The van der Waals surface area contributed by atoms with Gasteiger partial charge >= 0.3 is 6.18 Å². The molecule has 0 saturated heterocycles. The van der Waals surface area contributed by atoms with Crippen LogP contribution in [-0.4, -0.2) is 9.97 Å². The first-order valence-corrected chi connectivity index (χ1v) is 12.0. The number of nitrogen functional groups attached to an aromatic ring is 1.